The highest BCUT2D eigenvalue weighted by atomic mass is 19.4. The minimum atomic E-state index is -4.38. The molecule has 2 amide bonds. The highest BCUT2D eigenvalue weighted by Crippen LogP contribution is 2.31. The summed E-state index contributed by atoms with van der Waals surface area (Å²) in [6, 6.07) is 2.93. The smallest absolute Gasteiger partial charge is 0.378 e. The molecule has 0 atom stereocenters. The van der Waals surface area contributed by atoms with Crippen molar-refractivity contribution in [2.75, 3.05) is 31.6 Å². The van der Waals surface area contributed by atoms with Gasteiger partial charge in [0, 0.05) is 18.8 Å². The maximum atomic E-state index is 12.5. The molecule has 7 heteroatoms. The zero-order chi connectivity index (χ0) is 14.8. The van der Waals surface area contributed by atoms with Gasteiger partial charge in [0.15, 0.2) is 0 Å². The van der Waals surface area contributed by atoms with Crippen molar-refractivity contribution in [3.8, 4) is 0 Å². The first-order chi connectivity index (χ1) is 9.38. The summed E-state index contributed by atoms with van der Waals surface area (Å²) in [6.45, 7) is 3.43. The van der Waals surface area contributed by atoms with E-state index in [0.717, 1.165) is 12.1 Å². The Labute approximate surface area is 114 Å². The van der Waals surface area contributed by atoms with Gasteiger partial charge in [-0.2, -0.15) is 13.2 Å². The number of amides is 2. The summed E-state index contributed by atoms with van der Waals surface area (Å²) in [4.78, 5) is 13.5. The molecular weight excluding hydrogens is 273 g/mol. The van der Waals surface area contributed by atoms with Crippen molar-refractivity contribution in [3.05, 3.63) is 29.3 Å². The van der Waals surface area contributed by atoms with E-state index in [4.69, 9.17) is 4.74 Å². The Kier molecular flexibility index (Phi) is 4.17. The third kappa shape index (κ3) is 3.41. The maximum Gasteiger partial charge on any atom is 0.416 e. The van der Waals surface area contributed by atoms with Crippen LogP contribution in [0.15, 0.2) is 18.2 Å². The van der Waals surface area contributed by atoms with Gasteiger partial charge in [0.1, 0.15) is 0 Å². The van der Waals surface area contributed by atoms with E-state index in [1.165, 1.54) is 13.0 Å². The molecule has 110 valence electrons. The van der Waals surface area contributed by atoms with Crippen LogP contribution in [0.3, 0.4) is 0 Å². The first kappa shape index (κ1) is 14.6. The number of aryl methyl sites for hydroxylation is 1. The van der Waals surface area contributed by atoms with Gasteiger partial charge in [0.2, 0.25) is 0 Å². The number of ether oxygens (including phenoxy) is 1. The Morgan fingerprint density at radius 1 is 1.30 bits per heavy atom. The van der Waals surface area contributed by atoms with Crippen molar-refractivity contribution in [3.63, 3.8) is 0 Å². The fourth-order valence-electron chi connectivity index (χ4n) is 1.94. The van der Waals surface area contributed by atoms with E-state index in [9.17, 15) is 18.0 Å². The molecule has 1 aromatic rings. The number of hydrogen-bond donors (Lipinski definition) is 1. The molecular formula is C13H15F3N2O2. The Balaban J connectivity index is 2.08. The number of nitrogens with one attached hydrogen (secondary N) is 1. The van der Waals surface area contributed by atoms with Crippen molar-refractivity contribution in [1.29, 1.82) is 0 Å². The molecule has 1 N–H and O–H groups in total. The number of halogens is 3. The summed E-state index contributed by atoms with van der Waals surface area (Å²) < 4.78 is 42.8. The van der Waals surface area contributed by atoms with Gasteiger partial charge >= 0.3 is 12.2 Å². The van der Waals surface area contributed by atoms with E-state index in [1.807, 2.05) is 0 Å². The lowest BCUT2D eigenvalue weighted by atomic mass is 10.1. The molecule has 0 radical (unpaired) electrons. The zero-order valence-electron chi connectivity index (χ0n) is 11.0. The van der Waals surface area contributed by atoms with Crippen LogP contribution in [0, 0.1) is 6.92 Å². The SMILES string of the molecule is Cc1cc(C(F)(F)F)ccc1NC(=O)N1CCOCC1. The van der Waals surface area contributed by atoms with Gasteiger partial charge < -0.3 is 15.0 Å². The summed E-state index contributed by atoms with van der Waals surface area (Å²) in [5.41, 5.74) is 0.0373. The summed E-state index contributed by atoms with van der Waals surface area (Å²) in [5, 5.41) is 2.62. The number of carbonyl (C=O) groups is 1. The average molecular weight is 288 g/mol. The van der Waals surface area contributed by atoms with Crippen molar-refractivity contribution >= 4 is 11.7 Å². The van der Waals surface area contributed by atoms with Crippen molar-refractivity contribution < 1.29 is 22.7 Å². The highest BCUT2D eigenvalue weighted by molar-refractivity contribution is 5.90. The lowest BCUT2D eigenvalue weighted by Crippen LogP contribution is -2.43. The second-order valence-electron chi connectivity index (χ2n) is 4.56. The molecule has 1 aliphatic heterocycles. The lowest BCUT2D eigenvalue weighted by Gasteiger charge is -2.27. The van der Waals surface area contributed by atoms with Crippen LogP contribution in [0.1, 0.15) is 11.1 Å². The quantitative estimate of drug-likeness (QED) is 0.863. The largest absolute Gasteiger partial charge is 0.416 e. The number of urea groups is 1. The van der Waals surface area contributed by atoms with Gasteiger partial charge in [0.05, 0.1) is 18.8 Å². The summed E-state index contributed by atoms with van der Waals surface area (Å²) in [7, 11) is 0. The Bertz CT molecular complexity index is 497. The summed E-state index contributed by atoms with van der Waals surface area (Å²) >= 11 is 0. The predicted octanol–water partition coefficient (Wildman–Crippen LogP) is 2.88. The molecule has 1 aromatic carbocycles. The molecule has 1 heterocycles. The molecule has 0 unspecified atom stereocenters. The molecule has 0 bridgehead atoms. The first-order valence-corrected chi connectivity index (χ1v) is 6.19. The van der Waals surface area contributed by atoms with Crippen LogP contribution in [-0.2, 0) is 10.9 Å². The molecule has 1 fully saturated rings. The van der Waals surface area contributed by atoms with E-state index in [1.54, 1.807) is 4.90 Å². The number of morpholine rings is 1. The van der Waals surface area contributed by atoms with Crippen LogP contribution in [0.2, 0.25) is 0 Å². The van der Waals surface area contributed by atoms with Crippen LogP contribution in [0.4, 0.5) is 23.7 Å². The van der Waals surface area contributed by atoms with Crippen molar-refractivity contribution in [2.24, 2.45) is 0 Å². The summed E-state index contributed by atoms with van der Waals surface area (Å²) in [6.07, 6.45) is -4.38. The monoisotopic (exact) mass is 288 g/mol. The number of nitrogens with zero attached hydrogens (tertiary/aromatic N) is 1. The molecule has 0 aliphatic carbocycles. The number of benzene rings is 1. The van der Waals surface area contributed by atoms with E-state index >= 15 is 0 Å². The van der Waals surface area contributed by atoms with E-state index in [0.29, 0.717) is 37.6 Å². The molecule has 4 nitrogen and oxygen atoms in total. The van der Waals surface area contributed by atoms with Crippen LogP contribution in [-0.4, -0.2) is 37.2 Å². The van der Waals surface area contributed by atoms with E-state index < -0.39 is 11.7 Å². The second kappa shape index (κ2) is 5.70. The number of anilines is 1. The van der Waals surface area contributed by atoms with Crippen molar-refractivity contribution in [2.45, 2.75) is 13.1 Å². The number of rotatable bonds is 1. The third-order valence-electron chi connectivity index (χ3n) is 3.09. The standard InChI is InChI=1S/C13H15F3N2O2/c1-9-8-10(13(14,15)16)2-3-11(9)17-12(19)18-4-6-20-7-5-18/h2-3,8H,4-7H2,1H3,(H,17,19). The van der Waals surface area contributed by atoms with Gasteiger partial charge in [-0.3, -0.25) is 0 Å². The minimum absolute atomic E-state index is 0.323. The van der Waals surface area contributed by atoms with E-state index in [-0.39, 0.29) is 6.03 Å². The van der Waals surface area contributed by atoms with Crippen LogP contribution < -0.4 is 5.32 Å². The van der Waals surface area contributed by atoms with Gasteiger partial charge in [-0.25, -0.2) is 4.79 Å². The van der Waals surface area contributed by atoms with Crippen LogP contribution >= 0.6 is 0 Å². The first-order valence-electron chi connectivity index (χ1n) is 6.19. The topological polar surface area (TPSA) is 41.6 Å². The molecule has 1 saturated heterocycles. The highest BCUT2D eigenvalue weighted by Gasteiger charge is 2.30. The Hall–Kier alpha value is -1.76. The second-order valence-corrected chi connectivity index (χ2v) is 4.56. The normalized spacial score (nSPS) is 16.1. The Morgan fingerprint density at radius 3 is 2.50 bits per heavy atom. The van der Waals surface area contributed by atoms with Gasteiger partial charge in [-0.1, -0.05) is 0 Å². The average Bonchev–Trinajstić information content (AvgIpc) is 2.41. The molecule has 0 spiro atoms. The molecule has 1 aliphatic rings. The fraction of sp³-hybridized carbons (Fsp3) is 0.462. The van der Waals surface area contributed by atoms with Gasteiger partial charge in [-0.15, -0.1) is 0 Å². The Morgan fingerprint density at radius 2 is 1.95 bits per heavy atom. The maximum absolute atomic E-state index is 12.5. The van der Waals surface area contributed by atoms with Crippen LogP contribution in [0.5, 0.6) is 0 Å². The molecule has 2 rings (SSSR count). The van der Waals surface area contributed by atoms with Crippen LogP contribution in [0.25, 0.3) is 0 Å². The third-order valence-corrected chi connectivity index (χ3v) is 3.09. The van der Waals surface area contributed by atoms with Gasteiger partial charge in [-0.05, 0) is 30.7 Å². The lowest BCUT2D eigenvalue weighted by molar-refractivity contribution is -0.137. The number of alkyl halides is 3. The summed E-state index contributed by atoms with van der Waals surface area (Å²) in [5.74, 6) is 0. The fourth-order valence-corrected chi connectivity index (χ4v) is 1.94. The minimum Gasteiger partial charge on any atom is -0.378 e. The predicted molar refractivity (Wildman–Crippen MR) is 67.6 cm³/mol. The van der Waals surface area contributed by atoms with Crippen molar-refractivity contribution in [1.82, 2.24) is 4.90 Å². The number of hydrogen-bond acceptors (Lipinski definition) is 2. The zero-order valence-corrected chi connectivity index (χ0v) is 11.0. The van der Waals surface area contributed by atoms with E-state index in [2.05, 4.69) is 5.32 Å². The van der Waals surface area contributed by atoms with Gasteiger partial charge in [0.25, 0.3) is 0 Å². The molecule has 20 heavy (non-hydrogen) atoms. The number of carbonyl (C=O) groups excluding carboxylic acids is 1. The molecule has 0 saturated carbocycles. The molecule has 0 aromatic heterocycles.